The highest BCUT2D eigenvalue weighted by Crippen LogP contribution is 2.71. The molecular formula is C62H90N2O13. The molecule has 77 heavy (non-hydrogen) atoms. The Morgan fingerprint density at radius 2 is 1.23 bits per heavy atom. The molecule has 5 aliphatic heterocycles. The van der Waals surface area contributed by atoms with Crippen LogP contribution in [0.15, 0.2) is 59.9 Å². The van der Waals surface area contributed by atoms with Crippen LogP contribution in [0.5, 0.6) is 0 Å². The molecule has 0 bridgehead atoms. The molecule has 0 radical (unpaired) electrons. The molecule has 0 aromatic rings. The highest BCUT2D eigenvalue weighted by atomic mass is 16.7. The van der Waals surface area contributed by atoms with Crippen molar-refractivity contribution in [1.82, 2.24) is 11.0 Å². The van der Waals surface area contributed by atoms with Crippen LogP contribution in [0.4, 0.5) is 0 Å². The first-order valence-corrected chi connectivity index (χ1v) is 29.7. The lowest BCUT2D eigenvalue weighted by atomic mass is 9.46. The molecule has 0 aromatic carbocycles. The zero-order valence-electron chi connectivity index (χ0n) is 46.8. The second kappa shape index (κ2) is 22.6. The van der Waals surface area contributed by atoms with Crippen LogP contribution in [0.2, 0.25) is 0 Å². The van der Waals surface area contributed by atoms with E-state index < -0.39 is 40.8 Å². The predicted molar refractivity (Wildman–Crippen MR) is 287 cm³/mol. The number of hydroxylamine groups is 2. The third-order valence-electron chi connectivity index (χ3n) is 22.1. The summed E-state index contributed by atoms with van der Waals surface area (Å²) in [5, 5.41) is 32.7. The van der Waals surface area contributed by atoms with Crippen LogP contribution in [0.1, 0.15) is 144 Å². The first-order chi connectivity index (χ1) is 36.9. The molecule has 0 aromatic heterocycles. The molecule has 4 saturated heterocycles. The van der Waals surface area contributed by atoms with Gasteiger partial charge in [0.25, 0.3) is 0 Å². The summed E-state index contributed by atoms with van der Waals surface area (Å²) in [6.45, 7) is 16.3. The zero-order valence-corrected chi connectivity index (χ0v) is 46.8. The summed E-state index contributed by atoms with van der Waals surface area (Å²) in [7, 11) is 0. The second-order valence-electron chi connectivity index (χ2n) is 26.3. The maximum absolute atomic E-state index is 13.9. The highest BCUT2D eigenvalue weighted by molar-refractivity contribution is 6.01. The van der Waals surface area contributed by atoms with Crippen molar-refractivity contribution < 1.29 is 63.1 Å². The fraction of sp³-hybridized carbons (Fsp3) is 0.774. The molecule has 6 saturated carbocycles. The van der Waals surface area contributed by atoms with Crippen molar-refractivity contribution in [1.29, 1.82) is 0 Å². The Kier molecular flexibility index (Phi) is 16.7. The molecule has 13 rings (SSSR count). The van der Waals surface area contributed by atoms with Crippen LogP contribution in [-0.4, -0.2) is 120 Å². The van der Waals surface area contributed by atoms with Gasteiger partial charge in [-0.1, -0.05) is 64.8 Å². The third-order valence-corrected chi connectivity index (χ3v) is 22.1. The molecule has 18 atom stereocenters. The van der Waals surface area contributed by atoms with Gasteiger partial charge in [0, 0.05) is 71.6 Å². The Morgan fingerprint density at radius 3 is 1.65 bits per heavy atom. The minimum Gasteiger partial charge on any atom is -0.502 e. The summed E-state index contributed by atoms with van der Waals surface area (Å²) in [4.78, 5) is 62.9. The second-order valence-corrected chi connectivity index (χ2v) is 26.3. The minimum absolute atomic E-state index is 0.0151. The molecule has 426 valence electrons. The van der Waals surface area contributed by atoms with Crippen molar-refractivity contribution in [3.63, 3.8) is 0 Å². The lowest BCUT2D eigenvalue weighted by Crippen LogP contribution is -2.63. The number of allylic oxidation sites excluding steroid dienone is 9. The summed E-state index contributed by atoms with van der Waals surface area (Å²) >= 11 is 0. The number of carbonyl (C=O) groups excluding carboxylic acids is 4. The number of ether oxygens (including phenoxy) is 4. The van der Waals surface area contributed by atoms with Gasteiger partial charge >= 0.3 is 0 Å². The van der Waals surface area contributed by atoms with Crippen molar-refractivity contribution in [3.05, 3.63) is 59.9 Å². The van der Waals surface area contributed by atoms with Gasteiger partial charge in [0.2, 0.25) is 0 Å². The number of fused-ring (bicyclic) bond motifs is 14. The number of Topliss-reactive ketones (excluding diaryl/α,β-unsaturated/α-hetero) is 2. The predicted octanol–water partition coefficient (Wildman–Crippen LogP) is 7.73. The lowest BCUT2D eigenvalue weighted by Gasteiger charge is -2.59. The van der Waals surface area contributed by atoms with Crippen LogP contribution < -0.4 is 11.0 Å². The Balaban J connectivity index is 0.000000139. The lowest BCUT2D eigenvalue weighted by molar-refractivity contribution is -0.209. The Bertz CT molecular complexity index is 2360. The smallest absolute Gasteiger partial charge is 0.193 e. The topological polar surface area (TPSA) is 208 Å². The van der Waals surface area contributed by atoms with E-state index in [0.29, 0.717) is 44.6 Å². The quantitative estimate of drug-likeness (QED) is 0.165. The molecule has 15 nitrogen and oxygen atoms in total. The molecule has 10 fully saturated rings. The fourth-order valence-corrected chi connectivity index (χ4v) is 18.5. The van der Waals surface area contributed by atoms with Gasteiger partial charge in [-0.2, -0.15) is 0 Å². The molecule has 8 aliphatic carbocycles. The Labute approximate surface area is 456 Å². The summed E-state index contributed by atoms with van der Waals surface area (Å²) in [5.41, 5.74) is 4.53. The summed E-state index contributed by atoms with van der Waals surface area (Å²) in [6, 6.07) is 0. The van der Waals surface area contributed by atoms with Crippen LogP contribution in [-0.2, 0) is 47.8 Å². The number of nitrogens with one attached hydrogen (secondary N) is 2. The first kappa shape index (κ1) is 57.0. The Morgan fingerprint density at radius 1 is 0.701 bits per heavy atom. The molecule has 0 spiro atoms. The van der Waals surface area contributed by atoms with E-state index in [1.54, 1.807) is 30.6 Å². The van der Waals surface area contributed by atoms with Crippen molar-refractivity contribution in [2.24, 2.45) is 74.9 Å². The number of hydrogen-bond donors (Lipinski definition) is 5. The molecule has 13 aliphatic rings. The monoisotopic (exact) mass is 1070 g/mol. The molecule has 0 amide bonds. The van der Waals surface area contributed by atoms with Gasteiger partial charge in [-0.15, -0.1) is 0 Å². The number of carbonyl (C=O) groups is 4. The van der Waals surface area contributed by atoms with Crippen LogP contribution in [0.25, 0.3) is 0 Å². The number of aliphatic hydroxyl groups is 3. The fourth-order valence-electron chi connectivity index (χ4n) is 18.5. The maximum atomic E-state index is 13.9. The van der Waals surface area contributed by atoms with E-state index in [1.165, 1.54) is 32.1 Å². The van der Waals surface area contributed by atoms with E-state index in [-0.39, 0.29) is 94.2 Å². The van der Waals surface area contributed by atoms with E-state index in [4.69, 9.17) is 28.6 Å². The van der Waals surface area contributed by atoms with Crippen molar-refractivity contribution in [3.8, 4) is 0 Å². The van der Waals surface area contributed by atoms with Gasteiger partial charge < -0.3 is 34.3 Å². The molecular weight excluding hydrogens is 981 g/mol. The first-order valence-electron chi connectivity index (χ1n) is 29.7. The SMILES string of the molecule is C1=COCCC1.CC(C)C1CCCCO1.C[C@]12C=CC(=O)C=C1CC[C@@H]1[C@@H]2[C@@H](O)C[C@@]2(C)[C@H]1C[C@H]1CNO[C@]12C(=O)CO.C[C@]12C=CC(=O)C=C1CC[C@@H]1[C@@H]2[C@@H](O)C[C@@]2(C)[C@H]1C[C@H]1CNO[C@]12C(=O)COC1CCCCO1. The number of hydrogen-bond acceptors (Lipinski definition) is 15. The van der Waals surface area contributed by atoms with E-state index in [9.17, 15) is 34.5 Å². The average Bonchev–Trinajstić information content (AvgIpc) is 4.39. The summed E-state index contributed by atoms with van der Waals surface area (Å²) in [5.74, 6) is 1.68. The number of ketones is 4. The minimum atomic E-state index is -1.06. The standard InChI is InChI=1S/C27H37NO6.C22H29NO5.C8H16O.C5H8O/c1-25-9-8-18(29)11-16(25)6-7-19-20-12-17-14-28-34-27(17,26(20,2)13-21(30)24(19)25)22(31)15-33-23-5-3-4-10-32-23;1-20-6-5-14(25)7-12(20)3-4-15-16-8-13-10-23-28-22(13,18(27)11-24)21(16,2)9-17(26)19(15)20;1-7(2)8-5-3-4-6-9-8;1-2-4-6-5-3-1/h8-9,11,17,19-21,23-24,28,30H,3-7,10,12-15H2,1-2H3;5-7,13,15-17,19,23-24,26H,3-4,8-11H2,1-2H3;7-8H,3-6H2,1-2H3;2,4H,1,3,5H2/t17-,19-,20-,21-,23?,24+,25-,26-,27-;13-,15-,16-,17-,19+,20-,21-,22-;;/m00../s1. The number of aliphatic hydroxyl groups excluding tert-OH is 3. The van der Waals surface area contributed by atoms with Gasteiger partial charge in [0.1, 0.15) is 13.2 Å². The molecule has 5 N–H and O–H groups in total. The normalized spacial score (nSPS) is 45.7. The van der Waals surface area contributed by atoms with E-state index in [1.807, 2.05) is 18.2 Å². The molecule has 15 heteroatoms. The van der Waals surface area contributed by atoms with Crippen molar-refractivity contribution >= 4 is 23.1 Å². The van der Waals surface area contributed by atoms with E-state index in [2.05, 4.69) is 52.5 Å². The largest absolute Gasteiger partial charge is 0.502 e. The highest BCUT2D eigenvalue weighted by Gasteiger charge is 2.76. The summed E-state index contributed by atoms with van der Waals surface area (Å²) in [6.07, 6.45) is 29.2. The van der Waals surface area contributed by atoms with Gasteiger partial charge in [-0.25, -0.2) is 11.0 Å². The molecule has 2 unspecified atom stereocenters. The zero-order chi connectivity index (χ0) is 54.5. The van der Waals surface area contributed by atoms with E-state index >= 15 is 0 Å². The molecule has 5 heterocycles. The third kappa shape index (κ3) is 9.71. The van der Waals surface area contributed by atoms with Crippen LogP contribution >= 0.6 is 0 Å². The van der Waals surface area contributed by atoms with Crippen LogP contribution in [0, 0.1) is 74.9 Å². The van der Waals surface area contributed by atoms with Gasteiger partial charge in [0.15, 0.2) is 40.6 Å². The Hall–Kier alpha value is -3.22. The average molecular weight is 1070 g/mol. The maximum Gasteiger partial charge on any atom is 0.193 e. The van der Waals surface area contributed by atoms with Gasteiger partial charge in [-0.05, 0) is 163 Å². The summed E-state index contributed by atoms with van der Waals surface area (Å²) < 4.78 is 22.0. The number of rotatable bonds is 7. The van der Waals surface area contributed by atoms with E-state index in [0.717, 1.165) is 82.1 Å². The van der Waals surface area contributed by atoms with Crippen molar-refractivity contribution in [2.45, 2.75) is 180 Å². The van der Waals surface area contributed by atoms with Gasteiger partial charge in [0.05, 0.1) is 31.2 Å². The van der Waals surface area contributed by atoms with Crippen LogP contribution in [0.3, 0.4) is 0 Å². The van der Waals surface area contributed by atoms with Crippen molar-refractivity contribution in [2.75, 3.05) is 46.1 Å². The van der Waals surface area contributed by atoms with Gasteiger partial charge in [-0.3, -0.25) is 28.9 Å².